The lowest BCUT2D eigenvalue weighted by molar-refractivity contribution is 0.0369. The van der Waals surface area contributed by atoms with E-state index in [4.69, 9.17) is 9.47 Å². The number of allylic oxidation sites excluding steroid dienone is 1. The fourth-order valence-electron chi connectivity index (χ4n) is 5.14. The molecule has 180 valence electrons. The van der Waals surface area contributed by atoms with Gasteiger partial charge in [-0.3, -0.25) is 9.69 Å². The number of ether oxygens (including phenoxy) is 2. The lowest BCUT2D eigenvalue weighted by atomic mass is 9.97. The third-order valence-corrected chi connectivity index (χ3v) is 7.33. The van der Waals surface area contributed by atoms with E-state index in [1.165, 1.54) is 11.1 Å². The van der Waals surface area contributed by atoms with E-state index in [2.05, 4.69) is 47.2 Å². The van der Waals surface area contributed by atoms with Gasteiger partial charge in [-0.1, -0.05) is 13.8 Å². The number of thioether (sulfide) groups is 1. The molecule has 2 aliphatic rings. The molecule has 0 unspecified atom stereocenters. The Bertz CT molecular complexity index is 1050. The highest BCUT2D eigenvalue weighted by Crippen LogP contribution is 2.36. The van der Waals surface area contributed by atoms with Crippen LogP contribution in [0.4, 0.5) is 0 Å². The van der Waals surface area contributed by atoms with E-state index in [0.29, 0.717) is 6.61 Å². The molecule has 5 nitrogen and oxygen atoms in total. The maximum atomic E-state index is 13.9. The van der Waals surface area contributed by atoms with Crippen LogP contribution in [0.2, 0.25) is 0 Å². The summed E-state index contributed by atoms with van der Waals surface area (Å²) in [7, 11) is 0. The second-order valence-electron chi connectivity index (χ2n) is 9.04. The molecule has 1 fully saturated rings. The van der Waals surface area contributed by atoms with Crippen LogP contribution in [0.5, 0.6) is 5.75 Å². The SMILES string of the molecule is CCCOc1cc2c(c3c(=O)c(/C(=C/SC)CC)cn(CCCN4CCOCC4)c13)CCC2. The molecule has 6 heteroatoms. The van der Waals surface area contributed by atoms with Gasteiger partial charge < -0.3 is 14.0 Å². The molecule has 2 heterocycles. The van der Waals surface area contributed by atoms with Crippen LogP contribution in [0.15, 0.2) is 22.5 Å². The molecule has 1 saturated heterocycles. The number of aromatic nitrogens is 1. The molecule has 0 spiro atoms. The summed E-state index contributed by atoms with van der Waals surface area (Å²) >= 11 is 1.67. The Labute approximate surface area is 202 Å². The normalized spacial score (nSPS) is 17.0. The van der Waals surface area contributed by atoms with Gasteiger partial charge >= 0.3 is 0 Å². The Hall–Kier alpha value is -1.76. The van der Waals surface area contributed by atoms with Crippen molar-refractivity contribution < 1.29 is 9.47 Å². The van der Waals surface area contributed by atoms with Crippen molar-refractivity contribution >= 4 is 28.2 Å². The molecule has 0 bridgehead atoms. The van der Waals surface area contributed by atoms with Gasteiger partial charge in [-0.25, -0.2) is 0 Å². The Morgan fingerprint density at radius 3 is 2.76 bits per heavy atom. The predicted molar refractivity (Wildman–Crippen MR) is 140 cm³/mol. The molecule has 1 aliphatic carbocycles. The van der Waals surface area contributed by atoms with E-state index in [-0.39, 0.29) is 5.43 Å². The van der Waals surface area contributed by atoms with Crippen LogP contribution in [-0.2, 0) is 24.1 Å². The van der Waals surface area contributed by atoms with Gasteiger partial charge in [0.15, 0.2) is 5.43 Å². The van der Waals surface area contributed by atoms with Gasteiger partial charge in [0.2, 0.25) is 0 Å². The summed E-state index contributed by atoms with van der Waals surface area (Å²) in [6.07, 6.45) is 10.1. The van der Waals surface area contributed by atoms with Crippen molar-refractivity contribution in [3.8, 4) is 5.75 Å². The maximum absolute atomic E-state index is 13.9. The molecule has 1 aromatic carbocycles. The lowest BCUT2D eigenvalue weighted by Crippen LogP contribution is -2.37. The van der Waals surface area contributed by atoms with Gasteiger partial charge in [-0.2, -0.15) is 0 Å². The molecule has 4 rings (SSSR count). The number of fused-ring (bicyclic) bond motifs is 3. The predicted octanol–water partition coefficient (Wildman–Crippen LogP) is 5.12. The number of morpholine rings is 1. The second kappa shape index (κ2) is 11.6. The molecule has 1 aliphatic heterocycles. The monoisotopic (exact) mass is 470 g/mol. The summed E-state index contributed by atoms with van der Waals surface area (Å²) in [5.41, 5.74) is 5.71. The highest BCUT2D eigenvalue weighted by Gasteiger charge is 2.24. The first-order valence-corrected chi connectivity index (χ1v) is 13.8. The number of hydrogen-bond acceptors (Lipinski definition) is 5. The third-order valence-electron chi connectivity index (χ3n) is 6.81. The summed E-state index contributed by atoms with van der Waals surface area (Å²) in [4.78, 5) is 16.4. The number of pyridine rings is 1. The van der Waals surface area contributed by atoms with Gasteiger partial charge in [-0.05, 0) is 73.0 Å². The average molecular weight is 471 g/mol. The van der Waals surface area contributed by atoms with Crippen molar-refractivity contribution in [2.45, 2.75) is 58.9 Å². The fourth-order valence-corrected chi connectivity index (χ4v) is 5.72. The van der Waals surface area contributed by atoms with Crippen LogP contribution >= 0.6 is 11.8 Å². The van der Waals surface area contributed by atoms with Crippen LogP contribution in [0, 0.1) is 0 Å². The largest absolute Gasteiger partial charge is 0.491 e. The average Bonchev–Trinajstić information content (AvgIpc) is 3.31. The van der Waals surface area contributed by atoms with Gasteiger partial charge in [-0.15, -0.1) is 11.8 Å². The minimum Gasteiger partial charge on any atom is -0.491 e. The molecule has 2 aromatic rings. The number of nitrogens with zero attached hydrogens (tertiary/aromatic N) is 2. The zero-order valence-corrected chi connectivity index (χ0v) is 21.3. The first kappa shape index (κ1) is 24.4. The van der Waals surface area contributed by atoms with E-state index < -0.39 is 0 Å². The summed E-state index contributed by atoms with van der Waals surface area (Å²) < 4.78 is 14.1. The Morgan fingerprint density at radius 2 is 2.03 bits per heavy atom. The van der Waals surface area contributed by atoms with Crippen LogP contribution in [0.1, 0.15) is 56.2 Å². The Balaban J connectivity index is 1.82. The zero-order chi connectivity index (χ0) is 23.2. The smallest absolute Gasteiger partial charge is 0.197 e. The quantitative estimate of drug-likeness (QED) is 0.482. The van der Waals surface area contributed by atoms with Crippen LogP contribution in [0.3, 0.4) is 0 Å². The van der Waals surface area contributed by atoms with Gasteiger partial charge in [0.25, 0.3) is 0 Å². The first-order valence-electron chi connectivity index (χ1n) is 12.5. The number of hydrogen-bond donors (Lipinski definition) is 0. The Morgan fingerprint density at radius 1 is 1.21 bits per heavy atom. The standard InChI is InChI=1S/C27H38N2O3S/c1-4-14-32-24-17-21-8-6-9-22(21)25-26(24)29(11-7-10-28-12-15-31-16-13-28)18-23(27(25)30)20(5-2)19-33-3/h17-19H,4-16H2,1-3H3/b20-19+. The van der Waals surface area contributed by atoms with Crippen molar-refractivity contribution in [1.29, 1.82) is 0 Å². The summed E-state index contributed by atoms with van der Waals surface area (Å²) in [6, 6.07) is 2.22. The fraction of sp³-hybridized carbons (Fsp3) is 0.593. The van der Waals surface area contributed by atoms with Crippen LogP contribution in [0.25, 0.3) is 16.5 Å². The van der Waals surface area contributed by atoms with E-state index in [9.17, 15) is 4.79 Å². The van der Waals surface area contributed by atoms with E-state index in [1.807, 2.05) is 0 Å². The minimum absolute atomic E-state index is 0.177. The van der Waals surface area contributed by atoms with E-state index in [1.54, 1.807) is 11.8 Å². The number of benzene rings is 1. The molecule has 0 radical (unpaired) electrons. The van der Waals surface area contributed by atoms with Crippen LogP contribution < -0.4 is 10.2 Å². The third kappa shape index (κ3) is 5.33. The maximum Gasteiger partial charge on any atom is 0.197 e. The molecule has 1 aromatic heterocycles. The first-order chi connectivity index (χ1) is 16.2. The van der Waals surface area contributed by atoms with Gasteiger partial charge in [0.05, 0.1) is 30.7 Å². The van der Waals surface area contributed by atoms with Crippen molar-refractivity contribution in [2.75, 3.05) is 45.7 Å². The van der Waals surface area contributed by atoms with Gasteiger partial charge in [0, 0.05) is 37.9 Å². The molecule has 0 N–H and O–H groups in total. The second-order valence-corrected chi connectivity index (χ2v) is 9.75. The summed E-state index contributed by atoms with van der Waals surface area (Å²) in [6.45, 7) is 10.5. The molecular weight excluding hydrogens is 432 g/mol. The van der Waals surface area contributed by atoms with Crippen molar-refractivity contribution in [3.05, 3.63) is 44.6 Å². The summed E-state index contributed by atoms with van der Waals surface area (Å²) in [5, 5.41) is 3.04. The Kier molecular flexibility index (Phi) is 8.55. The van der Waals surface area contributed by atoms with Crippen molar-refractivity contribution in [3.63, 3.8) is 0 Å². The topological polar surface area (TPSA) is 43.7 Å². The minimum atomic E-state index is 0.177. The number of rotatable bonds is 10. The number of aryl methyl sites for hydroxylation is 3. The molecule has 0 saturated carbocycles. The van der Waals surface area contributed by atoms with Crippen LogP contribution in [-0.4, -0.2) is 55.2 Å². The van der Waals surface area contributed by atoms with E-state index in [0.717, 1.165) is 106 Å². The molecule has 33 heavy (non-hydrogen) atoms. The van der Waals surface area contributed by atoms with Gasteiger partial charge in [0.1, 0.15) is 5.75 Å². The zero-order valence-electron chi connectivity index (χ0n) is 20.5. The van der Waals surface area contributed by atoms with E-state index >= 15 is 0 Å². The van der Waals surface area contributed by atoms with Crippen molar-refractivity contribution in [1.82, 2.24) is 9.47 Å². The van der Waals surface area contributed by atoms with Crippen molar-refractivity contribution in [2.24, 2.45) is 0 Å². The highest BCUT2D eigenvalue weighted by molar-refractivity contribution is 8.01. The molecular formula is C27H38N2O3S. The molecule has 0 amide bonds. The molecule has 0 atom stereocenters. The summed E-state index contributed by atoms with van der Waals surface area (Å²) in [5.74, 6) is 0.884. The highest BCUT2D eigenvalue weighted by atomic mass is 32.2. The lowest BCUT2D eigenvalue weighted by Gasteiger charge is -2.27.